The summed E-state index contributed by atoms with van der Waals surface area (Å²) in [5.74, 6) is 0. The highest BCUT2D eigenvalue weighted by molar-refractivity contribution is 4.07. The van der Waals surface area contributed by atoms with Crippen molar-refractivity contribution in [2.45, 2.75) is 13.8 Å². The zero-order chi connectivity index (χ0) is 8.62. The van der Waals surface area contributed by atoms with Crippen molar-refractivity contribution in [3.63, 3.8) is 0 Å². The summed E-state index contributed by atoms with van der Waals surface area (Å²) >= 11 is 0. The zero-order valence-corrected chi connectivity index (χ0v) is 6.63. The minimum Gasteiger partial charge on any atom is -0.382 e. The van der Waals surface area contributed by atoms with Gasteiger partial charge >= 0.3 is 0 Å². The van der Waals surface area contributed by atoms with Crippen LogP contribution in [0.2, 0.25) is 0 Å². The lowest BCUT2D eigenvalue weighted by Crippen LogP contribution is -2.58. The molecule has 0 radical (unpaired) electrons. The second kappa shape index (κ2) is 7.20. The van der Waals surface area contributed by atoms with Gasteiger partial charge in [0, 0.05) is 13.2 Å². The third-order valence-electron chi connectivity index (χ3n) is 0.408. The van der Waals surface area contributed by atoms with Gasteiger partial charge in [-0.25, -0.2) is 0 Å². The van der Waals surface area contributed by atoms with E-state index in [0.717, 1.165) is 13.2 Å². The fourth-order valence-electron chi connectivity index (χ4n) is 0.204. The lowest BCUT2D eigenvalue weighted by Gasteiger charge is -2.03. The third kappa shape index (κ3) is 93.1. The second-order valence-corrected chi connectivity index (χ2v) is 1.97. The third-order valence-corrected chi connectivity index (χ3v) is 0.408. The molecule has 0 aliphatic heterocycles. The van der Waals surface area contributed by atoms with Crippen LogP contribution in [0.5, 0.6) is 0 Å². The van der Waals surface area contributed by atoms with Gasteiger partial charge in [-0.1, -0.05) is 0 Å². The van der Waals surface area contributed by atoms with Crippen LogP contribution in [0.25, 0.3) is 0 Å². The summed E-state index contributed by atoms with van der Waals surface area (Å²) in [6.07, 6.45) is 0. The molecule has 0 unspecified atom stereocenters. The first-order chi connectivity index (χ1) is 4.41. The molecular weight excluding hydrogens is 163 g/mol. The maximum absolute atomic E-state index is 8.60. The molecule has 0 amide bonds. The molecule has 10 heavy (non-hydrogen) atoms. The zero-order valence-electron chi connectivity index (χ0n) is 5.87. The summed E-state index contributed by atoms with van der Waals surface area (Å²) in [7, 11) is -4.69. The predicted octanol–water partition coefficient (Wildman–Crippen LogP) is -3.08. The van der Waals surface area contributed by atoms with Gasteiger partial charge in [-0.3, -0.25) is 0 Å². The van der Waals surface area contributed by atoms with E-state index in [2.05, 4.69) is 0 Å². The van der Waals surface area contributed by atoms with Gasteiger partial charge < -0.3 is 4.74 Å². The van der Waals surface area contributed by atoms with E-state index in [1.807, 2.05) is 13.8 Å². The summed E-state index contributed by atoms with van der Waals surface area (Å²) in [5.41, 5.74) is 0. The van der Waals surface area contributed by atoms with Crippen molar-refractivity contribution in [3.8, 4) is 0 Å². The molecule has 0 aliphatic rings. The van der Waals surface area contributed by atoms with Gasteiger partial charge in [-0.05, 0) is 13.8 Å². The van der Waals surface area contributed by atoms with Crippen LogP contribution in [0, 0.1) is 10.2 Å². The normalized spacial score (nSPS) is 10.2. The Morgan fingerprint density at radius 2 is 1.40 bits per heavy atom. The van der Waals surface area contributed by atoms with Gasteiger partial charge in [0.05, 0.1) is 14.9 Å². The predicted molar refractivity (Wildman–Crippen MR) is 24.4 cm³/mol. The van der Waals surface area contributed by atoms with Crippen molar-refractivity contribution in [3.05, 3.63) is 0 Å². The number of ether oxygens (including phenoxy) is 1. The molecule has 0 bridgehead atoms. The maximum atomic E-state index is 8.60. The lowest BCUT2D eigenvalue weighted by molar-refractivity contribution is -1.92. The molecule has 0 saturated heterocycles. The Morgan fingerprint density at radius 1 is 1.20 bits per heavy atom. The van der Waals surface area contributed by atoms with Crippen LogP contribution in [0.1, 0.15) is 13.8 Å². The monoisotopic (exact) mass is 174 g/mol. The molecule has 0 aromatic heterocycles. The fraction of sp³-hybridized carbons (Fsp3) is 1.00. The summed E-state index contributed by atoms with van der Waals surface area (Å²) < 4.78 is 37.6. The Labute approximate surface area is 61.6 Å². The molecule has 0 rings (SSSR count). The van der Waals surface area contributed by atoms with E-state index in [0.29, 0.717) is 0 Å². The summed E-state index contributed by atoms with van der Waals surface area (Å²) in [4.78, 5) is 0. The van der Waals surface area contributed by atoms with E-state index >= 15 is 0 Å². The number of halogens is 1. The Balaban J connectivity index is 0. The van der Waals surface area contributed by atoms with Crippen LogP contribution >= 0.6 is 0 Å². The molecule has 64 valence electrons. The Hall–Kier alpha value is 0.0900. The quantitative estimate of drug-likeness (QED) is 0.479. The number of hydrogen-bond donors (Lipinski definition) is 1. The molecular formula is C4H11ClO5. The van der Waals surface area contributed by atoms with Crippen molar-refractivity contribution in [2.24, 2.45) is 0 Å². The largest absolute Gasteiger partial charge is 0.382 e. The molecule has 0 fully saturated rings. The van der Waals surface area contributed by atoms with Gasteiger partial charge in [0.25, 0.3) is 0 Å². The first-order valence-corrected chi connectivity index (χ1v) is 3.89. The molecule has 0 spiro atoms. The standard InChI is InChI=1S/C4H10O.ClHO4/c1-3-5-4-2;2-1(3,4)5/h3-4H2,1-2H3;(H,2,3,4,5). The topological polar surface area (TPSA) is 98.6 Å². The van der Waals surface area contributed by atoms with Crippen LogP contribution in [0.3, 0.4) is 0 Å². The van der Waals surface area contributed by atoms with E-state index in [4.69, 9.17) is 23.4 Å². The molecule has 1 N–H and O–H groups in total. The van der Waals surface area contributed by atoms with Crippen LogP contribution in [-0.4, -0.2) is 17.9 Å². The lowest BCUT2D eigenvalue weighted by atomic mass is 10.8. The molecule has 0 saturated carbocycles. The average Bonchev–Trinajstić information content (AvgIpc) is 1.63. The smallest absolute Gasteiger partial charge is 0.0777 e. The minimum atomic E-state index is -4.69. The molecule has 0 aromatic rings. The highest BCUT2D eigenvalue weighted by Gasteiger charge is 1.98. The van der Waals surface area contributed by atoms with E-state index in [1.165, 1.54) is 0 Å². The van der Waals surface area contributed by atoms with Gasteiger partial charge in [0.2, 0.25) is 0 Å². The van der Waals surface area contributed by atoms with Crippen molar-refractivity contribution < 1.29 is 33.6 Å². The first kappa shape index (κ1) is 12.7. The molecule has 0 aromatic carbocycles. The summed E-state index contributed by atoms with van der Waals surface area (Å²) in [5, 5.41) is 0. The fourth-order valence-corrected chi connectivity index (χ4v) is 0.204. The van der Waals surface area contributed by atoms with Crippen molar-refractivity contribution in [1.29, 1.82) is 0 Å². The van der Waals surface area contributed by atoms with E-state index in [1.54, 1.807) is 0 Å². The molecule has 6 heteroatoms. The van der Waals surface area contributed by atoms with Crippen molar-refractivity contribution >= 4 is 0 Å². The van der Waals surface area contributed by atoms with Gasteiger partial charge in [0.1, 0.15) is 0 Å². The van der Waals surface area contributed by atoms with Crippen LogP contribution in [-0.2, 0) is 4.74 Å². The van der Waals surface area contributed by atoms with Crippen LogP contribution in [0.4, 0.5) is 0 Å². The van der Waals surface area contributed by atoms with Crippen LogP contribution < -0.4 is 14.0 Å². The Morgan fingerprint density at radius 3 is 1.40 bits per heavy atom. The molecule has 0 heterocycles. The summed E-state index contributed by atoms with van der Waals surface area (Å²) in [6.45, 7) is 5.67. The maximum Gasteiger partial charge on any atom is 0.0777 e. The van der Waals surface area contributed by atoms with Gasteiger partial charge in [-0.15, -0.1) is 0 Å². The van der Waals surface area contributed by atoms with E-state index < -0.39 is 10.2 Å². The SMILES string of the molecule is CCOCC.[O-][Cl+3]([O-])([O-])O. The molecule has 0 atom stereocenters. The van der Waals surface area contributed by atoms with Crippen molar-refractivity contribution in [1.82, 2.24) is 0 Å². The molecule has 0 aliphatic carbocycles. The highest BCUT2D eigenvalue weighted by atomic mass is 35.7. The van der Waals surface area contributed by atoms with E-state index in [-0.39, 0.29) is 0 Å². The van der Waals surface area contributed by atoms with Gasteiger partial charge in [-0.2, -0.15) is 14.0 Å². The van der Waals surface area contributed by atoms with Gasteiger partial charge in [0.15, 0.2) is 0 Å². The second-order valence-electron chi connectivity index (χ2n) is 1.18. The minimum absolute atomic E-state index is 0.844. The molecule has 5 nitrogen and oxygen atoms in total. The number of rotatable bonds is 2. The highest BCUT2D eigenvalue weighted by Crippen LogP contribution is 1.64. The Kier molecular flexibility index (Phi) is 9.17. The first-order valence-electron chi connectivity index (χ1n) is 2.62. The van der Waals surface area contributed by atoms with Crippen LogP contribution in [0.15, 0.2) is 0 Å². The Bertz CT molecular complexity index is 53.2. The van der Waals surface area contributed by atoms with Crippen molar-refractivity contribution in [2.75, 3.05) is 13.2 Å². The van der Waals surface area contributed by atoms with E-state index in [9.17, 15) is 0 Å². The number of hydrogen-bond acceptors (Lipinski definition) is 5. The summed E-state index contributed by atoms with van der Waals surface area (Å²) in [6, 6.07) is 0. The average molecular weight is 175 g/mol.